The smallest absolute Gasteiger partial charge is 0.343 e. The molecule has 0 aliphatic heterocycles. The van der Waals surface area contributed by atoms with Crippen molar-refractivity contribution in [3.63, 3.8) is 0 Å². The number of carbonyl (C=O) groups is 1. The molecule has 0 radical (unpaired) electrons. The normalized spacial score (nSPS) is 10.3. The molecule has 0 aliphatic rings. The van der Waals surface area contributed by atoms with E-state index in [1.807, 2.05) is 18.2 Å². The third-order valence-corrected chi connectivity index (χ3v) is 4.59. The van der Waals surface area contributed by atoms with Crippen molar-refractivity contribution in [2.45, 2.75) is 51.9 Å². The van der Waals surface area contributed by atoms with Gasteiger partial charge in [0, 0.05) is 6.07 Å². The molecule has 0 N–H and O–H groups in total. The molecular weight excluding hydrogens is 346 g/mol. The molecule has 26 heavy (non-hydrogen) atoms. The van der Waals surface area contributed by atoms with Gasteiger partial charge in [-0.25, -0.2) is 4.79 Å². The summed E-state index contributed by atoms with van der Waals surface area (Å²) in [5.74, 6) is -0.105. The molecule has 0 aliphatic carbocycles. The van der Waals surface area contributed by atoms with Crippen LogP contribution in [0, 0.1) is 11.3 Å². The zero-order valence-corrected chi connectivity index (χ0v) is 15.9. The SMILES string of the molecule is CCCCCCCCc1ccc(C(=O)Oc2ccc(C#N)c(Cl)c2)cc1. The quantitative estimate of drug-likeness (QED) is 0.294. The highest BCUT2D eigenvalue weighted by Gasteiger charge is 2.10. The molecule has 0 atom stereocenters. The van der Waals surface area contributed by atoms with E-state index in [2.05, 4.69) is 6.92 Å². The Morgan fingerprint density at radius 2 is 1.73 bits per heavy atom. The zero-order chi connectivity index (χ0) is 18.8. The molecule has 0 saturated heterocycles. The monoisotopic (exact) mass is 369 g/mol. The van der Waals surface area contributed by atoms with E-state index in [1.165, 1.54) is 56.2 Å². The summed E-state index contributed by atoms with van der Waals surface area (Å²) in [6.45, 7) is 2.22. The first-order valence-electron chi connectivity index (χ1n) is 9.15. The predicted molar refractivity (Wildman–Crippen MR) is 105 cm³/mol. The summed E-state index contributed by atoms with van der Waals surface area (Å²) in [6.07, 6.45) is 8.67. The van der Waals surface area contributed by atoms with Crippen molar-refractivity contribution in [1.82, 2.24) is 0 Å². The minimum atomic E-state index is -0.433. The molecule has 0 bridgehead atoms. The molecule has 0 spiro atoms. The van der Waals surface area contributed by atoms with E-state index in [0.717, 1.165) is 6.42 Å². The minimum Gasteiger partial charge on any atom is -0.423 e. The van der Waals surface area contributed by atoms with Crippen molar-refractivity contribution in [2.24, 2.45) is 0 Å². The summed E-state index contributed by atoms with van der Waals surface area (Å²) in [7, 11) is 0. The highest BCUT2D eigenvalue weighted by atomic mass is 35.5. The maximum atomic E-state index is 12.2. The van der Waals surface area contributed by atoms with Gasteiger partial charge in [0.2, 0.25) is 0 Å². The average Bonchev–Trinajstić information content (AvgIpc) is 2.65. The van der Waals surface area contributed by atoms with E-state index >= 15 is 0 Å². The number of unbranched alkanes of at least 4 members (excludes halogenated alkanes) is 5. The third-order valence-electron chi connectivity index (χ3n) is 4.28. The number of nitrogens with zero attached hydrogens (tertiary/aromatic N) is 1. The molecule has 0 heterocycles. The van der Waals surface area contributed by atoms with Gasteiger partial charge in [-0.15, -0.1) is 0 Å². The number of hydrogen-bond donors (Lipinski definition) is 0. The van der Waals surface area contributed by atoms with Gasteiger partial charge >= 0.3 is 5.97 Å². The van der Waals surface area contributed by atoms with E-state index < -0.39 is 5.97 Å². The van der Waals surface area contributed by atoms with Gasteiger partial charge in [-0.2, -0.15) is 5.26 Å². The molecule has 2 aromatic rings. The van der Waals surface area contributed by atoms with E-state index in [1.54, 1.807) is 18.2 Å². The van der Waals surface area contributed by atoms with Gasteiger partial charge in [0.1, 0.15) is 11.8 Å². The lowest BCUT2D eigenvalue weighted by Gasteiger charge is -2.07. The lowest BCUT2D eigenvalue weighted by atomic mass is 10.0. The molecule has 4 heteroatoms. The molecule has 0 amide bonds. The largest absolute Gasteiger partial charge is 0.423 e. The van der Waals surface area contributed by atoms with Crippen molar-refractivity contribution in [2.75, 3.05) is 0 Å². The highest BCUT2D eigenvalue weighted by Crippen LogP contribution is 2.23. The van der Waals surface area contributed by atoms with Gasteiger partial charge in [0.05, 0.1) is 16.1 Å². The summed E-state index contributed by atoms with van der Waals surface area (Å²) in [4.78, 5) is 12.2. The van der Waals surface area contributed by atoms with Crippen molar-refractivity contribution >= 4 is 17.6 Å². The number of hydrogen-bond acceptors (Lipinski definition) is 3. The van der Waals surface area contributed by atoms with Gasteiger partial charge in [0.25, 0.3) is 0 Å². The summed E-state index contributed by atoms with van der Waals surface area (Å²) >= 11 is 5.95. The lowest BCUT2D eigenvalue weighted by molar-refractivity contribution is 0.0735. The summed E-state index contributed by atoms with van der Waals surface area (Å²) < 4.78 is 5.32. The maximum Gasteiger partial charge on any atom is 0.343 e. The summed E-state index contributed by atoms with van der Waals surface area (Å²) in [6, 6.07) is 14.1. The second-order valence-corrected chi connectivity index (χ2v) is 6.76. The van der Waals surface area contributed by atoms with Crippen molar-refractivity contribution in [1.29, 1.82) is 5.26 Å². The number of esters is 1. The molecule has 2 rings (SSSR count). The molecule has 0 aromatic heterocycles. The molecule has 2 aromatic carbocycles. The summed E-state index contributed by atoms with van der Waals surface area (Å²) in [5, 5.41) is 9.14. The Bertz CT molecular complexity index is 763. The van der Waals surface area contributed by atoms with Gasteiger partial charge in [0.15, 0.2) is 0 Å². The van der Waals surface area contributed by atoms with Gasteiger partial charge in [-0.05, 0) is 42.7 Å². The standard InChI is InChI=1S/C22H24ClNO2/c1-2-3-4-5-6-7-8-17-9-11-18(12-10-17)22(25)26-20-14-13-19(16-24)21(23)15-20/h9-15H,2-8H2,1H3. The van der Waals surface area contributed by atoms with Crippen LogP contribution < -0.4 is 4.74 Å². The van der Waals surface area contributed by atoms with Crippen LogP contribution in [-0.4, -0.2) is 5.97 Å². The third kappa shape index (κ3) is 6.20. The van der Waals surface area contributed by atoms with Crippen LogP contribution >= 0.6 is 11.6 Å². The van der Waals surface area contributed by atoms with Crippen LogP contribution in [0.5, 0.6) is 5.75 Å². The van der Waals surface area contributed by atoms with Gasteiger partial charge < -0.3 is 4.74 Å². The zero-order valence-electron chi connectivity index (χ0n) is 15.1. The topological polar surface area (TPSA) is 50.1 Å². The first-order valence-corrected chi connectivity index (χ1v) is 9.52. The van der Waals surface area contributed by atoms with Gasteiger partial charge in [-0.1, -0.05) is 62.8 Å². The molecule has 0 unspecified atom stereocenters. The molecular formula is C22H24ClNO2. The van der Waals surface area contributed by atoms with E-state index in [4.69, 9.17) is 21.6 Å². The first-order chi connectivity index (χ1) is 12.6. The van der Waals surface area contributed by atoms with E-state index in [0.29, 0.717) is 16.9 Å². The number of benzene rings is 2. The summed E-state index contributed by atoms with van der Waals surface area (Å²) in [5.41, 5.74) is 2.08. The number of ether oxygens (including phenoxy) is 1. The Morgan fingerprint density at radius 3 is 2.38 bits per heavy atom. The fourth-order valence-corrected chi connectivity index (χ4v) is 2.95. The Kier molecular flexibility index (Phi) is 8.18. The maximum absolute atomic E-state index is 12.2. The first kappa shape index (κ1) is 20.0. The Labute approximate surface area is 160 Å². The minimum absolute atomic E-state index is 0.270. The Hall–Kier alpha value is -2.31. The number of rotatable bonds is 9. The second kappa shape index (κ2) is 10.6. The number of nitriles is 1. The Morgan fingerprint density at radius 1 is 1.04 bits per heavy atom. The predicted octanol–water partition coefficient (Wildman–Crippen LogP) is 6.33. The number of aryl methyl sites for hydroxylation is 1. The number of halogens is 1. The van der Waals surface area contributed by atoms with Gasteiger partial charge in [-0.3, -0.25) is 0 Å². The fourth-order valence-electron chi connectivity index (χ4n) is 2.73. The van der Waals surface area contributed by atoms with Crippen LogP contribution in [0.3, 0.4) is 0 Å². The van der Waals surface area contributed by atoms with Crippen molar-refractivity contribution in [3.05, 3.63) is 64.2 Å². The van der Waals surface area contributed by atoms with Crippen LogP contribution in [0.4, 0.5) is 0 Å². The van der Waals surface area contributed by atoms with E-state index in [-0.39, 0.29) is 5.02 Å². The van der Waals surface area contributed by atoms with Crippen molar-refractivity contribution in [3.8, 4) is 11.8 Å². The Balaban J connectivity index is 1.84. The average molecular weight is 370 g/mol. The van der Waals surface area contributed by atoms with Crippen LogP contribution in [0.25, 0.3) is 0 Å². The van der Waals surface area contributed by atoms with Crippen LogP contribution in [-0.2, 0) is 6.42 Å². The van der Waals surface area contributed by atoms with E-state index in [9.17, 15) is 4.79 Å². The molecule has 0 saturated carbocycles. The number of carbonyl (C=O) groups excluding carboxylic acids is 1. The molecule has 3 nitrogen and oxygen atoms in total. The highest BCUT2D eigenvalue weighted by molar-refractivity contribution is 6.31. The van der Waals surface area contributed by atoms with Crippen molar-refractivity contribution < 1.29 is 9.53 Å². The molecule has 0 fully saturated rings. The second-order valence-electron chi connectivity index (χ2n) is 6.36. The molecule has 136 valence electrons. The lowest BCUT2D eigenvalue weighted by Crippen LogP contribution is -2.08. The van der Waals surface area contributed by atoms with Crippen LogP contribution in [0.1, 0.15) is 66.9 Å². The fraction of sp³-hybridized carbons (Fsp3) is 0.364. The van der Waals surface area contributed by atoms with Crippen LogP contribution in [0.2, 0.25) is 5.02 Å². The van der Waals surface area contributed by atoms with Crippen LogP contribution in [0.15, 0.2) is 42.5 Å².